The summed E-state index contributed by atoms with van der Waals surface area (Å²) in [6.07, 6.45) is 13.3. The van der Waals surface area contributed by atoms with E-state index in [0.717, 1.165) is 37.2 Å². The first kappa shape index (κ1) is 19.2. The minimum atomic E-state index is 0.663. The number of aryl methyl sites for hydroxylation is 1. The summed E-state index contributed by atoms with van der Waals surface area (Å²) in [6.45, 7) is 5.43. The molecule has 0 aliphatic carbocycles. The molecule has 1 aromatic carbocycles. The summed E-state index contributed by atoms with van der Waals surface area (Å²) in [5.74, 6) is 0.683. The minimum Gasteiger partial charge on any atom is -0.424 e. The van der Waals surface area contributed by atoms with E-state index in [1.54, 1.807) is 0 Å². The number of rotatable bonds is 12. The average Bonchev–Trinajstić information content (AvgIpc) is 3.30. The molecule has 4 heteroatoms. The van der Waals surface area contributed by atoms with Crippen molar-refractivity contribution in [2.75, 3.05) is 25.0 Å². The van der Waals surface area contributed by atoms with Crippen LogP contribution in [0.1, 0.15) is 70.3 Å². The number of unbranched alkanes of at least 4 members (excludes halogenated alkanes) is 7. The molecule has 1 fully saturated rings. The smallest absolute Gasteiger partial charge is 0.295 e. The van der Waals surface area contributed by atoms with Crippen LogP contribution in [0.25, 0.3) is 11.1 Å². The summed E-state index contributed by atoms with van der Waals surface area (Å²) in [4.78, 5) is 4.62. The molecule has 1 aromatic heterocycles. The topological polar surface area (TPSA) is 50.1 Å². The zero-order chi connectivity index (χ0) is 18.0. The Bertz CT molecular complexity index is 646. The molecule has 0 saturated carbocycles. The molecule has 0 amide bonds. The van der Waals surface area contributed by atoms with Gasteiger partial charge in [-0.2, -0.15) is 4.98 Å². The second-order valence-electron chi connectivity index (χ2n) is 7.79. The number of benzene rings is 1. The minimum absolute atomic E-state index is 0.663. The molecule has 4 nitrogen and oxygen atoms in total. The van der Waals surface area contributed by atoms with Crippen LogP contribution < -0.4 is 10.6 Å². The Morgan fingerprint density at radius 3 is 2.69 bits per heavy atom. The number of anilines is 1. The second kappa shape index (κ2) is 10.6. The molecule has 1 atom stereocenters. The summed E-state index contributed by atoms with van der Waals surface area (Å²) in [5.41, 5.74) is 3.24. The van der Waals surface area contributed by atoms with Gasteiger partial charge in [0.05, 0.1) is 0 Å². The van der Waals surface area contributed by atoms with Crippen LogP contribution in [0.2, 0.25) is 0 Å². The number of hydrogen-bond donors (Lipinski definition) is 2. The lowest BCUT2D eigenvalue weighted by molar-refractivity contribution is 0.573. The van der Waals surface area contributed by atoms with E-state index in [1.807, 2.05) is 0 Å². The van der Waals surface area contributed by atoms with Crippen LogP contribution in [-0.4, -0.2) is 24.6 Å². The highest BCUT2D eigenvalue weighted by atomic mass is 16.4. The van der Waals surface area contributed by atoms with Gasteiger partial charge in [0, 0.05) is 6.54 Å². The molecule has 0 unspecified atom stereocenters. The second-order valence-corrected chi connectivity index (χ2v) is 7.79. The Morgan fingerprint density at radius 1 is 1.12 bits per heavy atom. The molecule has 2 N–H and O–H groups in total. The van der Waals surface area contributed by atoms with Crippen LogP contribution in [-0.2, 0) is 6.42 Å². The first-order valence-corrected chi connectivity index (χ1v) is 10.7. The molecule has 26 heavy (non-hydrogen) atoms. The molecular formula is C22H35N3O. The first-order chi connectivity index (χ1) is 12.8. The maximum atomic E-state index is 5.83. The molecule has 0 bridgehead atoms. The van der Waals surface area contributed by atoms with Gasteiger partial charge in [0.2, 0.25) is 0 Å². The normalized spacial score (nSPS) is 17.2. The third-order valence-corrected chi connectivity index (χ3v) is 5.48. The van der Waals surface area contributed by atoms with Crippen LogP contribution in [0.4, 0.5) is 6.01 Å². The SMILES string of the molecule is CCCCCCCCCCc1ccc2oc(NC[C@H]3CCNC3)nc2c1. The van der Waals surface area contributed by atoms with Crippen LogP contribution in [0.3, 0.4) is 0 Å². The van der Waals surface area contributed by atoms with Crippen molar-refractivity contribution in [2.24, 2.45) is 5.92 Å². The Labute approximate surface area is 158 Å². The molecule has 2 aromatic rings. The molecule has 1 aliphatic heterocycles. The van der Waals surface area contributed by atoms with Crippen LogP contribution >= 0.6 is 0 Å². The highest BCUT2D eigenvalue weighted by Gasteiger charge is 2.15. The highest BCUT2D eigenvalue weighted by Crippen LogP contribution is 2.22. The fourth-order valence-electron chi connectivity index (χ4n) is 3.79. The Kier molecular flexibility index (Phi) is 7.81. The third kappa shape index (κ3) is 6.01. The molecule has 2 heterocycles. The Morgan fingerprint density at radius 2 is 1.92 bits per heavy atom. The number of nitrogens with one attached hydrogen (secondary N) is 2. The van der Waals surface area contributed by atoms with Crippen molar-refractivity contribution in [2.45, 2.75) is 71.1 Å². The van der Waals surface area contributed by atoms with Crippen molar-refractivity contribution in [3.63, 3.8) is 0 Å². The van der Waals surface area contributed by atoms with E-state index in [9.17, 15) is 0 Å². The quantitative estimate of drug-likeness (QED) is 0.490. The molecule has 3 rings (SSSR count). The summed E-state index contributed by atoms with van der Waals surface area (Å²) >= 11 is 0. The summed E-state index contributed by atoms with van der Waals surface area (Å²) in [7, 11) is 0. The molecule has 1 aliphatic rings. The van der Waals surface area contributed by atoms with E-state index in [-0.39, 0.29) is 0 Å². The van der Waals surface area contributed by atoms with Gasteiger partial charge >= 0.3 is 0 Å². The predicted molar refractivity (Wildman–Crippen MR) is 110 cm³/mol. The lowest BCUT2D eigenvalue weighted by Gasteiger charge is -2.07. The monoisotopic (exact) mass is 357 g/mol. The van der Waals surface area contributed by atoms with Crippen LogP contribution in [0, 0.1) is 5.92 Å². The fourth-order valence-corrected chi connectivity index (χ4v) is 3.79. The number of aromatic nitrogens is 1. The summed E-state index contributed by atoms with van der Waals surface area (Å²) < 4.78 is 5.83. The maximum Gasteiger partial charge on any atom is 0.295 e. The van der Waals surface area contributed by atoms with E-state index in [2.05, 4.69) is 40.7 Å². The van der Waals surface area contributed by atoms with Crippen molar-refractivity contribution in [3.8, 4) is 0 Å². The average molecular weight is 358 g/mol. The van der Waals surface area contributed by atoms with Gasteiger partial charge in [-0.3, -0.25) is 0 Å². The molecule has 0 spiro atoms. The number of fused-ring (bicyclic) bond motifs is 1. The Hall–Kier alpha value is -1.55. The van der Waals surface area contributed by atoms with Gasteiger partial charge in [0.1, 0.15) is 5.52 Å². The van der Waals surface area contributed by atoms with Crippen molar-refractivity contribution >= 4 is 17.1 Å². The molecular weight excluding hydrogens is 322 g/mol. The Balaban J connectivity index is 1.39. The van der Waals surface area contributed by atoms with Gasteiger partial charge < -0.3 is 15.1 Å². The number of hydrogen-bond acceptors (Lipinski definition) is 4. The van der Waals surface area contributed by atoms with E-state index in [1.165, 1.54) is 63.4 Å². The summed E-state index contributed by atoms with van der Waals surface area (Å²) in [5, 5.41) is 6.75. The van der Waals surface area contributed by atoms with Gasteiger partial charge in [-0.05, 0) is 56.0 Å². The number of oxazole rings is 1. The van der Waals surface area contributed by atoms with E-state index in [4.69, 9.17) is 4.42 Å². The first-order valence-electron chi connectivity index (χ1n) is 10.7. The van der Waals surface area contributed by atoms with Gasteiger partial charge in [-0.1, -0.05) is 57.9 Å². The zero-order valence-electron chi connectivity index (χ0n) is 16.4. The standard InChI is InChI=1S/C22H35N3O/c1-2-3-4-5-6-7-8-9-10-18-11-12-21-20(15-18)25-22(26-21)24-17-19-13-14-23-16-19/h11-12,15,19,23H,2-10,13-14,16-17H2,1H3,(H,24,25)/t19-/m0/s1. The van der Waals surface area contributed by atoms with Crippen molar-refractivity contribution in [1.82, 2.24) is 10.3 Å². The van der Waals surface area contributed by atoms with Crippen molar-refractivity contribution < 1.29 is 4.42 Å². The van der Waals surface area contributed by atoms with E-state index < -0.39 is 0 Å². The van der Waals surface area contributed by atoms with E-state index >= 15 is 0 Å². The summed E-state index contributed by atoms with van der Waals surface area (Å²) in [6, 6.07) is 7.13. The largest absolute Gasteiger partial charge is 0.424 e. The molecule has 0 radical (unpaired) electrons. The lowest BCUT2D eigenvalue weighted by atomic mass is 10.0. The van der Waals surface area contributed by atoms with Gasteiger partial charge in [-0.25, -0.2) is 0 Å². The predicted octanol–water partition coefficient (Wildman–Crippen LogP) is 5.53. The van der Waals surface area contributed by atoms with Crippen molar-refractivity contribution in [3.05, 3.63) is 23.8 Å². The van der Waals surface area contributed by atoms with Crippen LogP contribution in [0.15, 0.2) is 22.6 Å². The molecule has 1 saturated heterocycles. The van der Waals surface area contributed by atoms with Crippen LogP contribution in [0.5, 0.6) is 0 Å². The zero-order valence-corrected chi connectivity index (χ0v) is 16.4. The van der Waals surface area contributed by atoms with Gasteiger partial charge in [0.25, 0.3) is 6.01 Å². The third-order valence-electron chi connectivity index (χ3n) is 5.48. The fraction of sp³-hybridized carbons (Fsp3) is 0.682. The van der Waals surface area contributed by atoms with Gasteiger partial charge in [-0.15, -0.1) is 0 Å². The van der Waals surface area contributed by atoms with E-state index in [0.29, 0.717) is 11.9 Å². The van der Waals surface area contributed by atoms with Crippen molar-refractivity contribution in [1.29, 1.82) is 0 Å². The highest BCUT2D eigenvalue weighted by molar-refractivity contribution is 5.75. The number of nitrogens with zero attached hydrogens (tertiary/aromatic N) is 1. The van der Waals surface area contributed by atoms with Gasteiger partial charge in [0.15, 0.2) is 5.58 Å². The lowest BCUT2D eigenvalue weighted by Crippen LogP contribution is -2.17. The molecule has 144 valence electrons. The maximum absolute atomic E-state index is 5.83.